The summed E-state index contributed by atoms with van der Waals surface area (Å²) in [5.74, 6) is -0.845. The Balaban J connectivity index is 2.06. The molecule has 0 spiro atoms. The maximum absolute atomic E-state index is 14.1. The van der Waals surface area contributed by atoms with Crippen molar-refractivity contribution >= 4 is 50.7 Å². The van der Waals surface area contributed by atoms with Gasteiger partial charge in [0.2, 0.25) is 21.8 Å². The molecule has 0 fully saturated rings. The van der Waals surface area contributed by atoms with E-state index in [4.69, 9.17) is 23.2 Å². The normalized spacial score (nSPS) is 12.8. The molecule has 3 aromatic carbocycles. The van der Waals surface area contributed by atoms with Crippen molar-refractivity contribution in [3.05, 3.63) is 99.5 Å². The van der Waals surface area contributed by atoms with Crippen LogP contribution in [0.1, 0.15) is 37.0 Å². The van der Waals surface area contributed by atoms with Crippen molar-refractivity contribution in [1.29, 1.82) is 0 Å². The van der Waals surface area contributed by atoms with Crippen LogP contribution < -0.4 is 9.62 Å². The highest BCUT2D eigenvalue weighted by Gasteiger charge is 2.33. The Morgan fingerprint density at radius 3 is 2.17 bits per heavy atom. The summed E-state index contributed by atoms with van der Waals surface area (Å²) in [4.78, 5) is 29.2. The summed E-state index contributed by atoms with van der Waals surface area (Å²) in [5, 5.41) is 3.93. The second-order valence-corrected chi connectivity index (χ2v) is 12.6. The molecule has 0 radical (unpaired) electrons. The maximum atomic E-state index is 14.1. The minimum absolute atomic E-state index is 0.0771. The standard InChI is InChI=1S/C30H35Cl2N3O4S/c1-5-22(3)33-30(37)28(17-23-9-7-6-8-10-23)34(19-24-12-14-25(31)15-13-24)29(36)20-35(40(4,38)39)26-16-11-21(2)27(32)18-26/h6-16,18,22,28H,5,17,19-20H2,1-4H3,(H,33,37)/t22-,28+/m1/s1. The fraction of sp³-hybridized carbons (Fsp3) is 0.333. The highest BCUT2D eigenvalue weighted by atomic mass is 35.5. The number of anilines is 1. The van der Waals surface area contributed by atoms with Crippen molar-refractivity contribution in [2.75, 3.05) is 17.1 Å². The van der Waals surface area contributed by atoms with Gasteiger partial charge in [-0.2, -0.15) is 0 Å². The van der Waals surface area contributed by atoms with Crippen LogP contribution >= 0.6 is 23.2 Å². The van der Waals surface area contributed by atoms with Crippen LogP contribution in [0.25, 0.3) is 0 Å². The maximum Gasteiger partial charge on any atom is 0.244 e. The highest BCUT2D eigenvalue weighted by Crippen LogP contribution is 2.26. The zero-order chi connectivity index (χ0) is 29.4. The number of amides is 2. The van der Waals surface area contributed by atoms with Crippen LogP contribution in [0.2, 0.25) is 10.0 Å². The number of hydrogen-bond acceptors (Lipinski definition) is 4. The van der Waals surface area contributed by atoms with Crippen molar-refractivity contribution in [2.45, 2.75) is 52.2 Å². The number of carbonyl (C=O) groups is 2. The Morgan fingerprint density at radius 1 is 0.950 bits per heavy atom. The third-order valence-electron chi connectivity index (χ3n) is 6.66. The van der Waals surface area contributed by atoms with Gasteiger partial charge in [-0.3, -0.25) is 13.9 Å². The van der Waals surface area contributed by atoms with Crippen molar-refractivity contribution < 1.29 is 18.0 Å². The lowest BCUT2D eigenvalue weighted by atomic mass is 10.0. The molecule has 7 nitrogen and oxygen atoms in total. The molecule has 3 rings (SSSR count). The summed E-state index contributed by atoms with van der Waals surface area (Å²) in [6, 6.07) is 20.2. The monoisotopic (exact) mass is 603 g/mol. The molecule has 40 heavy (non-hydrogen) atoms. The van der Waals surface area contributed by atoms with Crippen LogP contribution in [-0.2, 0) is 32.6 Å². The largest absolute Gasteiger partial charge is 0.352 e. The minimum Gasteiger partial charge on any atom is -0.352 e. The molecule has 0 aliphatic rings. The fourth-order valence-electron chi connectivity index (χ4n) is 4.13. The lowest BCUT2D eigenvalue weighted by Crippen LogP contribution is -2.54. The second-order valence-electron chi connectivity index (χ2n) is 9.87. The van der Waals surface area contributed by atoms with E-state index in [0.29, 0.717) is 16.5 Å². The van der Waals surface area contributed by atoms with Crippen LogP contribution in [0.5, 0.6) is 0 Å². The van der Waals surface area contributed by atoms with E-state index < -0.39 is 28.5 Å². The molecule has 2 amide bonds. The number of rotatable bonds is 12. The van der Waals surface area contributed by atoms with Gasteiger partial charge in [-0.15, -0.1) is 0 Å². The predicted octanol–water partition coefficient (Wildman–Crippen LogP) is 5.62. The van der Waals surface area contributed by atoms with Crippen LogP contribution in [0.3, 0.4) is 0 Å². The summed E-state index contributed by atoms with van der Waals surface area (Å²) in [6.07, 6.45) is 2.00. The van der Waals surface area contributed by atoms with Gasteiger partial charge in [0.1, 0.15) is 12.6 Å². The van der Waals surface area contributed by atoms with E-state index in [9.17, 15) is 18.0 Å². The first-order chi connectivity index (χ1) is 18.9. The lowest BCUT2D eigenvalue weighted by Gasteiger charge is -2.34. The quantitative estimate of drug-likeness (QED) is 0.291. The Morgan fingerprint density at radius 2 is 1.60 bits per heavy atom. The number of benzene rings is 3. The van der Waals surface area contributed by atoms with Gasteiger partial charge in [-0.1, -0.05) is 78.7 Å². The summed E-state index contributed by atoms with van der Waals surface area (Å²) in [5.41, 5.74) is 2.66. The molecule has 0 aromatic heterocycles. The van der Waals surface area contributed by atoms with Crippen LogP contribution in [0, 0.1) is 6.92 Å². The third-order valence-corrected chi connectivity index (χ3v) is 8.46. The molecule has 10 heteroatoms. The van der Waals surface area contributed by atoms with E-state index in [1.807, 2.05) is 44.2 Å². The van der Waals surface area contributed by atoms with E-state index in [-0.39, 0.29) is 30.6 Å². The first kappa shape index (κ1) is 31.5. The first-order valence-electron chi connectivity index (χ1n) is 13.0. The Kier molecular flexibility index (Phi) is 11.0. The smallest absolute Gasteiger partial charge is 0.244 e. The minimum atomic E-state index is -3.87. The Labute approximate surface area is 247 Å². The molecule has 0 aliphatic carbocycles. The molecule has 0 saturated carbocycles. The van der Waals surface area contributed by atoms with Crippen molar-refractivity contribution in [3.8, 4) is 0 Å². The molecule has 3 aromatic rings. The van der Waals surface area contributed by atoms with Gasteiger partial charge in [0.15, 0.2) is 0 Å². The molecule has 1 N–H and O–H groups in total. The zero-order valence-corrected chi connectivity index (χ0v) is 25.4. The average Bonchev–Trinajstić information content (AvgIpc) is 2.91. The molecular formula is C30H35Cl2N3O4S. The average molecular weight is 605 g/mol. The number of hydrogen-bond donors (Lipinski definition) is 1. The molecule has 0 saturated heterocycles. The fourth-order valence-corrected chi connectivity index (χ4v) is 5.27. The van der Waals surface area contributed by atoms with Gasteiger partial charge in [0, 0.05) is 29.1 Å². The molecular weight excluding hydrogens is 569 g/mol. The topological polar surface area (TPSA) is 86.8 Å². The van der Waals surface area contributed by atoms with Crippen LogP contribution in [0.15, 0.2) is 72.8 Å². The van der Waals surface area contributed by atoms with Crippen LogP contribution in [-0.4, -0.2) is 50.0 Å². The lowest BCUT2D eigenvalue weighted by molar-refractivity contribution is -0.140. The molecule has 214 valence electrons. The van der Waals surface area contributed by atoms with E-state index in [2.05, 4.69) is 5.32 Å². The Hall–Kier alpha value is -3.07. The summed E-state index contributed by atoms with van der Waals surface area (Å²) < 4.78 is 26.8. The SMILES string of the molecule is CC[C@@H](C)NC(=O)[C@H](Cc1ccccc1)N(Cc1ccc(Cl)cc1)C(=O)CN(c1ccc(C)c(Cl)c1)S(C)(=O)=O. The van der Waals surface area contributed by atoms with E-state index in [1.54, 1.807) is 43.3 Å². The molecule has 0 heterocycles. The molecule has 2 atom stereocenters. The van der Waals surface area contributed by atoms with E-state index in [0.717, 1.165) is 27.3 Å². The van der Waals surface area contributed by atoms with Gasteiger partial charge >= 0.3 is 0 Å². The number of nitrogens with one attached hydrogen (secondary N) is 1. The van der Waals surface area contributed by atoms with Gasteiger partial charge in [0.25, 0.3) is 0 Å². The number of halogens is 2. The zero-order valence-electron chi connectivity index (χ0n) is 23.1. The second kappa shape index (κ2) is 14.0. The highest BCUT2D eigenvalue weighted by molar-refractivity contribution is 7.92. The van der Waals surface area contributed by atoms with E-state index >= 15 is 0 Å². The van der Waals surface area contributed by atoms with E-state index in [1.165, 1.54) is 11.0 Å². The summed E-state index contributed by atoms with van der Waals surface area (Å²) in [6.45, 7) is 5.24. The summed E-state index contributed by atoms with van der Waals surface area (Å²) in [7, 11) is -3.87. The Bertz CT molecular complexity index is 1420. The molecule has 0 aliphatic heterocycles. The number of aryl methyl sites for hydroxylation is 1. The third kappa shape index (κ3) is 8.71. The van der Waals surface area contributed by atoms with Crippen molar-refractivity contribution in [1.82, 2.24) is 10.2 Å². The molecule has 0 unspecified atom stereocenters. The number of carbonyl (C=O) groups excluding carboxylic acids is 2. The summed E-state index contributed by atoms with van der Waals surface area (Å²) >= 11 is 12.4. The van der Waals surface area contributed by atoms with Gasteiger partial charge < -0.3 is 10.2 Å². The van der Waals surface area contributed by atoms with Crippen molar-refractivity contribution in [3.63, 3.8) is 0 Å². The molecule has 0 bridgehead atoms. The van der Waals surface area contributed by atoms with Crippen molar-refractivity contribution in [2.24, 2.45) is 0 Å². The number of sulfonamides is 1. The van der Waals surface area contributed by atoms with Gasteiger partial charge in [-0.05, 0) is 61.2 Å². The number of nitrogens with zero attached hydrogens (tertiary/aromatic N) is 2. The van der Waals surface area contributed by atoms with Gasteiger partial charge in [0.05, 0.1) is 11.9 Å². The van der Waals surface area contributed by atoms with Gasteiger partial charge in [-0.25, -0.2) is 8.42 Å². The first-order valence-corrected chi connectivity index (χ1v) is 15.6. The predicted molar refractivity (Wildman–Crippen MR) is 162 cm³/mol. The van der Waals surface area contributed by atoms with Crippen LogP contribution in [0.4, 0.5) is 5.69 Å².